The van der Waals surface area contributed by atoms with E-state index in [0.717, 1.165) is 19.3 Å². The van der Waals surface area contributed by atoms with Crippen molar-refractivity contribution < 1.29 is 26.3 Å². The molecule has 0 unspecified atom stereocenters. The number of methoxy groups -OCH3 is 1. The van der Waals surface area contributed by atoms with Gasteiger partial charge in [-0.2, -0.15) is 25.9 Å². The van der Waals surface area contributed by atoms with Crippen LogP contribution in [-0.2, 0) is 22.9 Å². The number of benzene rings is 1. The van der Waals surface area contributed by atoms with E-state index in [4.69, 9.17) is 4.74 Å². The maximum absolute atomic E-state index is 13.7. The number of halogens is 3. The number of nitrogens with zero attached hydrogens (tertiary/aromatic N) is 8. The molecule has 0 aliphatic carbocycles. The molecule has 38 heavy (non-hydrogen) atoms. The van der Waals surface area contributed by atoms with Crippen molar-refractivity contribution in [3.63, 3.8) is 0 Å². The van der Waals surface area contributed by atoms with Gasteiger partial charge in [0.15, 0.2) is 5.82 Å². The Bertz CT molecular complexity index is 1720. The molecule has 0 fully saturated rings. The van der Waals surface area contributed by atoms with Crippen LogP contribution in [0.3, 0.4) is 0 Å². The molecule has 1 aromatic carbocycles. The predicted octanol–water partition coefficient (Wildman–Crippen LogP) is 3.19. The molecule has 0 saturated carbocycles. The van der Waals surface area contributed by atoms with Crippen LogP contribution in [-0.4, -0.2) is 67.0 Å². The lowest BCUT2D eigenvalue weighted by Gasteiger charge is -2.10. The highest BCUT2D eigenvalue weighted by Crippen LogP contribution is 2.34. The van der Waals surface area contributed by atoms with Gasteiger partial charge in [0.25, 0.3) is 5.82 Å². The highest BCUT2D eigenvalue weighted by molar-refractivity contribution is 7.87. The molecule has 0 aliphatic heterocycles. The van der Waals surface area contributed by atoms with E-state index >= 15 is 0 Å². The van der Waals surface area contributed by atoms with E-state index in [0.29, 0.717) is 17.0 Å². The summed E-state index contributed by atoms with van der Waals surface area (Å²) in [7, 11) is 0.368. The molecular weight excluding hydrogens is 525 g/mol. The van der Waals surface area contributed by atoms with Crippen LogP contribution in [0.15, 0.2) is 61.2 Å². The number of hydrogen-bond donors (Lipinski definition) is 0. The second-order valence-corrected chi connectivity index (χ2v) is 10.4. The van der Waals surface area contributed by atoms with Gasteiger partial charge >= 0.3 is 16.4 Å². The third-order valence-electron chi connectivity index (χ3n) is 5.69. The second-order valence-electron chi connectivity index (χ2n) is 8.38. The molecule has 11 nitrogen and oxygen atoms in total. The molecule has 15 heteroatoms. The maximum atomic E-state index is 13.7. The van der Waals surface area contributed by atoms with Gasteiger partial charge in [0.05, 0.1) is 19.9 Å². The van der Waals surface area contributed by atoms with Crippen molar-refractivity contribution in [1.29, 1.82) is 0 Å². The fourth-order valence-corrected chi connectivity index (χ4v) is 4.57. The predicted molar refractivity (Wildman–Crippen MR) is 131 cm³/mol. The Morgan fingerprint density at radius 3 is 2.45 bits per heavy atom. The minimum Gasteiger partial charge on any atom is -0.497 e. The molecule has 0 radical (unpaired) electrons. The quantitative estimate of drug-likeness (QED) is 0.308. The van der Waals surface area contributed by atoms with Crippen LogP contribution in [0.25, 0.3) is 28.6 Å². The van der Waals surface area contributed by atoms with Crippen LogP contribution in [0.2, 0.25) is 0 Å². The number of imidazole rings is 2. The Morgan fingerprint density at radius 1 is 1.05 bits per heavy atom. The van der Waals surface area contributed by atoms with Crippen molar-refractivity contribution in [3.8, 4) is 28.7 Å². The monoisotopic (exact) mass is 546 g/mol. The lowest BCUT2D eigenvalue weighted by atomic mass is 10.2. The molecule has 0 bridgehead atoms. The molecule has 5 rings (SSSR count). The number of alkyl halides is 3. The van der Waals surface area contributed by atoms with Gasteiger partial charge in [-0.15, -0.1) is 5.10 Å². The van der Waals surface area contributed by atoms with Crippen molar-refractivity contribution in [2.75, 3.05) is 21.2 Å². The highest BCUT2D eigenvalue weighted by atomic mass is 32.2. The first-order valence-electron chi connectivity index (χ1n) is 11.1. The van der Waals surface area contributed by atoms with Gasteiger partial charge in [-0.3, -0.25) is 4.40 Å². The third kappa shape index (κ3) is 4.50. The van der Waals surface area contributed by atoms with Gasteiger partial charge in [0, 0.05) is 20.3 Å². The Balaban J connectivity index is 1.71. The number of rotatable bonds is 7. The highest BCUT2D eigenvalue weighted by Gasteiger charge is 2.38. The number of pyridine rings is 1. The zero-order valence-electron chi connectivity index (χ0n) is 20.3. The molecule has 0 amide bonds. The van der Waals surface area contributed by atoms with E-state index in [-0.39, 0.29) is 29.5 Å². The van der Waals surface area contributed by atoms with E-state index in [1.165, 1.54) is 27.4 Å². The summed E-state index contributed by atoms with van der Waals surface area (Å²) < 4.78 is 76.1. The van der Waals surface area contributed by atoms with E-state index in [2.05, 4.69) is 20.1 Å². The summed E-state index contributed by atoms with van der Waals surface area (Å²) in [5.74, 6) is -0.893. The topological polar surface area (TPSA) is 112 Å². The normalized spacial score (nSPS) is 12.5. The summed E-state index contributed by atoms with van der Waals surface area (Å²) >= 11 is 0. The Kier molecular flexibility index (Phi) is 6.19. The number of hydrogen-bond acceptors (Lipinski definition) is 7. The molecule has 0 N–H and O–H groups in total. The fourth-order valence-electron chi connectivity index (χ4n) is 3.79. The van der Waals surface area contributed by atoms with Crippen molar-refractivity contribution in [3.05, 3.63) is 72.6 Å². The lowest BCUT2D eigenvalue weighted by Crippen LogP contribution is -2.27. The Morgan fingerprint density at radius 2 is 1.79 bits per heavy atom. The molecule has 4 heterocycles. The van der Waals surface area contributed by atoms with Crippen LogP contribution >= 0.6 is 0 Å². The summed E-state index contributed by atoms with van der Waals surface area (Å²) in [6.45, 7) is -0.0425. The van der Waals surface area contributed by atoms with Gasteiger partial charge in [0.2, 0.25) is 0 Å². The van der Waals surface area contributed by atoms with Gasteiger partial charge in [-0.1, -0.05) is 18.2 Å². The summed E-state index contributed by atoms with van der Waals surface area (Å²) in [6.07, 6.45) is -0.778. The van der Waals surface area contributed by atoms with Crippen LogP contribution in [0.1, 0.15) is 11.4 Å². The second kappa shape index (κ2) is 9.25. The zero-order valence-corrected chi connectivity index (χ0v) is 21.1. The van der Waals surface area contributed by atoms with E-state index in [1.54, 1.807) is 53.1 Å². The minimum atomic E-state index is -4.80. The molecule has 0 atom stereocenters. The average molecular weight is 547 g/mol. The number of ether oxygens (including phenoxy) is 1. The van der Waals surface area contributed by atoms with Crippen molar-refractivity contribution >= 4 is 15.9 Å². The third-order valence-corrected chi connectivity index (χ3v) is 7.34. The lowest BCUT2D eigenvalue weighted by molar-refractivity contribution is -0.144. The largest absolute Gasteiger partial charge is 0.497 e. The van der Waals surface area contributed by atoms with Gasteiger partial charge in [0.1, 0.15) is 34.8 Å². The van der Waals surface area contributed by atoms with Gasteiger partial charge in [-0.25, -0.2) is 23.6 Å². The molecular formula is C23H21F3N8O3S. The summed E-state index contributed by atoms with van der Waals surface area (Å²) in [5, 5.41) is 3.74. The standard InChI is InChI=1S/C23H21F3N8O3S/c1-31(2)38(35,36)32-13-17(27-14-32)20-19(28-18-6-4-5-11-33(18)20)21-29-22(23(24,25)26)30-34(21)12-15-7-9-16(37-3)10-8-15/h4-11,13-14H,12H2,1-3H3. The van der Waals surface area contributed by atoms with Crippen molar-refractivity contribution in [2.45, 2.75) is 12.7 Å². The van der Waals surface area contributed by atoms with E-state index < -0.39 is 22.2 Å². The van der Waals surface area contributed by atoms with Crippen LogP contribution in [0, 0.1) is 0 Å². The fraction of sp³-hybridized carbons (Fsp3) is 0.217. The summed E-state index contributed by atoms with van der Waals surface area (Å²) in [4.78, 5) is 12.6. The smallest absolute Gasteiger partial charge is 0.453 e. The van der Waals surface area contributed by atoms with Crippen molar-refractivity contribution in [2.24, 2.45) is 0 Å². The van der Waals surface area contributed by atoms with Gasteiger partial charge < -0.3 is 4.74 Å². The molecule has 198 valence electrons. The molecule has 5 aromatic rings. The van der Waals surface area contributed by atoms with Crippen LogP contribution in [0.5, 0.6) is 5.75 Å². The molecule has 0 spiro atoms. The van der Waals surface area contributed by atoms with Crippen LogP contribution in [0.4, 0.5) is 13.2 Å². The Labute approximate surface area is 214 Å². The summed E-state index contributed by atoms with van der Waals surface area (Å²) in [5.41, 5.74) is 1.52. The summed E-state index contributed by atoms with van der Waals surface area (Å²) in [6, 6.07) is 11.9. The van der Waals surface area contributed by atoms with Crippen molar-refractivity contribution in [1.82, 2.24) is 37.4 Å². The molecule has 0 saturated heterocycles. The molecule has 0 aliphatic rings. The number of aromatic nitrogens is 7. The molecule has 4 aromatic heterocycles. The zero-order chi connectivity index (χ0) is 27.2. The van der Waals surface area contributed by atoms with E-state index in [1.807, 2.05) is 0 Å². The first kappa shape index (κ1) is 25.4. The SMILES string of the molecule is COc1ccc(Cn2nc(C(F)(F)F)nc2-c2nc3ccccn3c2-c2cn(S(=O)(=O)N(C)C)cn2)cc1. The first-order chi connectivity index (χ1) is 18.0. The maximum Gasteiger partial charge on any atom is 0.453 e. The van der Waals surface area contributed by atoms with Gasteiger partial charge in [-0.05, 0) is 29.8 Å². The number of fused-ring (bicyclic) bond motifs is 1. The minimum absolute atomic E-state index is 0.0425. The van der Waals surface area contributed by atoms with E-state index in [9.17, 15) is 21.6 Å². The van der Waals surface area contributed by atoms with Crippen LogP contribution < -0.4 is 4.74 Å². The first-order valence-corrected chi connectivity index (χ1v) is 12.5. The average Bonchev–Trinajstić information content (AvgIpc) is 3.60. The Hall–Kier alpha value is -4.24.